The maximum Gasteiger partial charge on any atom is 0.264 e. The number of aromatic amines is 1. The van der Waals surface area contributed by atoms with Crippen molar-refractivity contribution in [3.63, 3.8) is 0 Å². The van der Waals surface area contributed by atoms with E-state index in [9.17, 15) is 4.79 Å². The molecule has 0 aliphatic heterocycles. The number of aromatic nitrogens is 4. The van der Waals surface area contributed by atoms with E-state index in [1.165, 1.54) is 0 Å². The van der Waals surface area contributed by atoms with Crippen LogP contribution in [0.2, 0.25) is 0 Å². The fraction of sp³-hybridized carbons (Fsp3) is 0.462. The zero-order chi connectivity index (χ0) is 14.0. The van der Waals surface area contributed by atoms with Crippen molar-refractivity contribution >= 4 is 22.6 Å². The SMILES string of the molecule is CCCc1nc(-c2cn(C)nc2CC)[nH]c(=O)c1I. The van der Waals surface area contributed by atoms with Gasteiger partial charge in [-0.3, -0.25) is 9.48 Å². The summed E-state index contributed by atoms with van der Waals surface area (Å²) in [6.07, 6.45) is 4.51. The molecule has 0 saturated heterocycles. The van der Waals surface area contributed by atoms with Crippen molar-refractivity contribution in [3.8, 4) is 11.4 Å². The van der Waals surface area contributed by atoms with Gasteiger partial charge in [0.05, 0.1) is 20.5 Å². The van der Waals surface area contributed by atoms with Crippen LogP contribution in [0.15, 0.2) is 11.0 Å². The zero-order valence-corrected chi connectivity index (χ0v) is 13.5. The van der Waals surface area contributed by atoms with E-state index in [-0.39, 0.29) is 5.56 Å². The maximum absolute atomic E-state index is 12.0. The minimum absolute atomic E-state index is 0.0695. The number of hydrogen-bond donors (Lipinski definition) is 1. The molecule has 102 valence electrons. The van der Waals surface area contributed by atoms with Crippen molar-refractivity contribution < 1.29 is 0 Å². The molecule has 5 nitrogen and oxygen atoms in total. The lowest BCUT2D eigenvalue weighted by Gasteiger charge is -2.05. The molecule has 0 aliphatic rings. The van der Waals surface area contributed by atoms with E-state index in [1.807, 2.05) is 20.2 Å². The highest BCUT2D eigenvalue weighted by Gasteiger charge is 2.14. The van der Waals surface area contributed by atoms with Crippen molar-refractivity contribution in [2.45, 2.75) is 33.1 Å². The van der Waals surface area contributed by atoms with Gasteiger partial charge >= 0.3 is 0 Å². The molecule has 0 amide bonds. The maximum atomic E-state index is 12.0. The molecule has 19 heavy (non-hydrogen) atoms. The van der Waals surface area contributed by atoms with Gasteiger partial charge in [-0.05, 0) is 35.4 Å². The van der Waals surface area contributed by atoms with E-state index in [1.54, 1.807) is 4.68 Å². The Kier molecular flexibility index (Phi) is 4.38. The largest absolute Gasteiger partial charge is 0.305 e. The lowest BCUT2D eigenvalue weighted by atomic mass is 10.2. The molecule has 0 aliphatic carbocycles. The summed E-state index contributed by atoms with van der Waals surface area (Å²) >= 11 is 2.06. The van der Waals surface area contributed by atoms with Crippen molar-refractivity contribution in [2.75, 3.05) is 0 Å². The Bertz CT molecular complexity index is 645. The van der Waals surface area contributed by atoms with E-state index in [0.717, 1.165) is 36.2 Å². The molecule has 2 aromatic heterocycles. The predicted octanol–water partition coefficient (Wildman–Crippen LogP) is 2.29. The van der Waals surface area contributed by atoms with Crippen LogP contribution in [0.5, 0.6) is 0 Å². The van der Waals surface area contributed by atoms with E-state index in [0.29, 0.717) is 9.39 Å². The van der Waals surface area contributed by atoms with Gasteiger partial charge in [0.25, 0.3) is 5.56 Å². The molecule has 0 fully saturated rings. The fourth-order valence-corrected chi connectivity index (χ4v) is 2.55. The van der Waals surface area contributed by atoms with Crippen LogP contribution in [0.1, 0.15) is 31.7 Å². The van der Waals surface area contributed by atoms with Crippen molar-refractivity contribution in [3.05, 3.63) is 31.5 Å². The summed E-state index contributed by atoms with van der Waals surface area (Å²) in [6.45, 7) is 4.13. The number of H-pyrrole nitrogens is 1. The summed E-state index contributed by atoms with van der Waals surface area (Å²) < 4.78 is 2.44. The third kappa shape index (κ3) is 2.88. The lowest BCUT2D eigenvalue weighted by molar-refractivity contribution is 0.746. The highest BCUT2D eigenvalue weighted by Crippen LogP contribution is 2.20. The van der Waals surface area contributed by atoms with Gasteiger partial charge in [0.15, 0.2) is 0 Å². The number of nitrogens with one attached hydrogen (secondary N) is 1. The topological polar surface area (TPSA) is 63.6 Å². The second-order valence-electron chi connectivity index (χ2n) is 4.44. The highest BCUT2D eigenvalue weighted by molar-refractivity contribution is 14.1. The molecule has 0 atom stereocenters. The first-order valence-corrected chi connectivity index (χ1v) is 7.46. The quantitative estimate of drug-likeness (QED) is 0.838. The first-order valence-electron chi connectivity index (χ1n) is 6.38. The normalized spacial score (nSPS) is 10.9. The molecule has 2 aromatic rings. The second kappa shape index (κ2) is 5.85. The van der Waals surface area contributed by atoms with Crippen LogP contribution < -0.4 is 5.56 Å². The molecule has 2 rings (SSSR count). The van der Waals surface area contributed by atoms with E-state index in [2.05, 4.69) is 44.6 Å². The minimum Gasteiger partial charge on any atom is -0.305 e. The number of aryl methyl sites for hydroxylation is 3. The van der Waals surface area contributed by atoms with Crippen LogP contribution in [0.4, 0.5) is 0 Å². The van der Waals surface area contributed by atoms with Gasteiger partial charge in [-0.25, -0.2) is 4.98 Å². The number of rotatable bonds is 4. The van der Waals surface area contributed by atoms with E-state index in [4.69, 9.17) is 0 Å². The number of halogens is 1. The van der Waals surface area contributed by atoms with Crippen LogP contribution in [0.25, 0.3) is 11.4 Å². The van der Waals surface area contributed by atoms with Crippen LogP contribution in [-0.4, -0.2) is 19.7 Å². The van der Waals surface area contributed by atoms with Crippen LogP contribution in [0.3, 0.4) is 0 Å². The van der Waals surface area contributed by atoms with Crippen molar-refractivity contribution in [1.29, 1.82) is 0 Å². The highest BCUT2D eigenvalue weighted by atomic mass is 127. The Balaban J connectivity index is 2.59. The van der Waals surface area contributed by atoms with Gasteiger partial charge in [0.2, 0.25) is 0 Å². The first-order chi connectivity index (χ1) is 9.06. The van der Waals surface area contributed by atoms with Gasteiger partial charge < -0.3 is 4.98 Å². The summed E-state index contributed by atoms with van der Waals surface area (Å²) in [5, 5.41) is 4.39. The number of hydrogen-bond acceptors (Lipinski definition) is 3. The molecule has 0 bridgehead atoms. The molecular weight excluding hydrogens is 355 g/mol. The Morgan fingerprint density at radius 2 is 2.11 bits per heavy atom. The van der Waals surface area contributed by atoms with E-state index >= 15 is 0 Å². The molecule has 1 N–H and O–H groups in total. The van der Waals surface area contributed by atoms with Gasteiger partial charge in [-0.2, -0.15) is 5.10 Å². The molecule has 0 aromatic carbocycles. The van der Waals surface area contributed by atoms with Crippen LogP contribution in [-0.2, 0) is 19.9 Å². The fourth-order valence-electron chi connectivity index (χ4n) is 2.03. The molecule has 0 radical (unpaired) electrons. The third-order valence-corrected chi connectivity index (χ3v) is 4.03. The third-order valence-electron chi connectivity index (χ3n) is 2.91. The average molecular weight is 372 g/mol. The Labute approximate surface area is 125 Å². The van der Waals surface area contributed by atoms with Gasteiger partial charge in [0, 0.05) is 13.2 Å². The predicted molar refractivity (Wildman–Crippen MR) is 83.1 cm³/mol. The lowest BCUT2D eigenvalue weighted by Crippen LogP contribution is -2.16. The zero-order valence-electron chi connectivity index (χ0n) is 11.3. The molecule has 0 unspecified atom stereocenters. The number of nitrogens with zero attached hydrogens (tertiary/aromatic N) is 3. The van der Waals surface area contributed by atoms with Gasteiger partial charge in [-0.1, -0.05) is 20.3 Å². The van der Waals surface area contributed by atoms with Crippen molar-refractivity contribution in [2.24, 2.45) is 7.05 Å². The summed E-state index contributed by atoms with van der Waals surface area (Å²) in [4.78, 5) is 19.4. The summed E-state index contributed by atoms with van der Waals surface area (Å²) in [7, 11) is 1.88. The Morgan fingerprint density at radius 3 is 2.74 bits per heavy atom. The summed E-state index contributed by atoms with van der Waals surface area (Å²) in [5.74, 6) is 0.624. The molecule has 6 heteroatoms. The van der Waals surface area contributed by atoms with Gasteiger partial charge in [0.1, 0.15) is 5.82 Å². The van der Waals surface area contributed by atoms with Crippen LogP contribution >= 0.6 is 22.6 Å². The van der Waals surface area contributed by atoms with Gasteiger partial charge in [-0.15, -0.1) is 0 Å². The van der Waals surface area contributed by atoms with E-state index < -0.39 is 0 Å². The average Bonchev–Trinajstić information content (AvgIpc) is 2.76. The first kappa shape index (κ1) is 14.2. The van der Waals surface area contributed by atoms with Crippen LogP contribution in [0, 0.1) is 3.57 Å². The Hall–Kier alpha value is -1.18. The van der Waals surface area contributed by atoms with Crippen molar-refractivity contribution in [1.82, 2.24) is 19.7 Å². The molecule has 2 heterocycles. The molecule has 0 spiro atoms. The minimum atomic E-state index is -0.0695. The summed E-state index contributed by atoms with van der Waals surface area (Å²) in [5.41, 5.74) is 2.66. The molecule has 0 saturated carbocycles. The Morgan fingerprint density at radius 1 is 1.37 bits per heavy atom. The summed E-state index contributed by atoms with van der Waals surface area (Å²) in [6, 6.07) is 0. The molecular formula is C13H17IN4O. The standard InChI is InChI=1S/C13H17IN4O/c1-4-6-10-11(14)13(19)16-12(15-10)8-7-18(3)17-9(8)5-2/h7H,4-6H2,1-3H3,(H,15,16,19). The smallest absolute Gasteiger partial charge is 0.264 e. The second-order valence-corrected chi connectivity index (χ2v) is 5.52. The monoisotopic (exact) mass is 372 g/mol.